The van der Waals surface area contributed by atoms with Crippen LogP contribution in [-0.4, -0.2) is 23.1 Å². The summed E-state index contributed by atoms with van der Waals surface area (Å²) in [6.07, 6.45) is 4.92. The monoisotopic (exact) mass is 235 g/mol. The molecule has 4 heteroatoms. The molecule has 1 aliphatic rings. The molecule has 1 aromatic heterocycles. The van der Waals surface area contributed by atoms with Crippen LogP contribution < -0.4 is 10.6 Å². The van der Waals surface area contributed by atoms with E-state index in [-0.39, 0.29) is 5.91 Å². The second kappa shape index (κ2) is 5.87. The molecule has 94 valence electrons. The van der Waals surface area contributed by atoms with Crippen LogP contribution in [0.5, 0.6) is 0 Å². The largest absolute Gasteiger partial charge is 0.353 e. The fourth-order valence-electron chi connectivity index (χ4n) is 1.83. The van der Waals surface area contributed by atoms with E-state index < -0.39 is 0 Å². The Morgan fingerprint density at radius 2 is 2.35 bits per heavy atom. The molecule has 1 heterocycles. The SMILES string of the molecule is CCNCc1cccn1CCC(=O)NC1CC1. The lowest BCUT2D eigenvalue weighted by Gasteiger charge is -2.09. The van der Waals surface area contributed by atoms with Crippen LogP contribution in [0.25, 0.3) is 0 Å². The normalized spacial score (nSPS) is 14.9. The average molecular weight is 235 g/mol. The second-order valence-corrected chi connectivity index (χ2v) is 4.57. The van der Waals surface area contributed by atoms with Gasteiger partial charge in [0.15, 0.2) is 0 Å². The molecule has 0 saturated heterocycles. The molecule has 0 spiro atoms. The van der Waals surface area contributed by atoms with Gasteiger partial charge < -0.3 is 15.2 Å². The van der Waals surface area contributed by atoms with Crippen LogP contribution in [0.2, 0.25) is 0 Å². The zero-order valence-corrected chi connectivity index (χ0v) is 10.4. The van der Waals surface area contributed by atoms with Gasteiger partial charge in [-0.3, -0.25) is 4.79 Å². The van der Waals surface area contributed by atoms with E-state index in [2.05, 4.69) is 28.2 Å². The maximum absolute atomic E-state index is 11.6. The van der Waals surface area contributed by atoms with Crippen LogP contribution in [0.3, 0.4) is 0 Å². The number of carbonyl (C=O) groups excluding carboxylic acids is 1. The molecule has 0 atom stereocenters. The lowest BCUT2D eigenvalue weighted by Crippen LogP contribution is -2.26. The van der Waals surface area contributed by atoms with Crippen LogP contribution in [0.15, 0.2) is 18.3 Å². The van der Waals surface area contributed by atoms with E-state index >= 15 is 0 Å². The molecular formula is C13H21N3O. The van der Waals surface area contributed by atoms with Crippen molar-refractivity contribution >= 4 is 5.91 Å². The summed E-state index contributed by atoms with van der Waals surface area (Å²) in [4.78, 5) is 11.6. The molecular weight excluding hydrogens is 214 g/mol. The Balaban J connectivity index is 1.76. The molecule has 1 saturated carbocycles. The Kier molecular flexibility index (Phi) is 4.20. The lowest BCUT2D eigenvalue weighted by atomic mass is 10.3. The fourth-order valence-corrected chi connectivity index (χ4v) is 1.83. The number of hydrogen-bond acceptors (Lipinski definition) is 2. The van der Waals surface area contributed by atoms with Gasteiger partial charge in [-0.15, -0.1) is 0 Å². The van der Waals surface area contributed by atoms with E-state index in [0.717, 1.165) is 32.5 Å². The zero-order chi connectivity index (χ0) is 12.1. The summed E-state index contributed by atoms with van der Waals surface area (Å²) >= 11 is 0. The van der Waals surface area contributed by atoms with Crippen molar-refractivity contribution < 1.29 is 4.79 Å². The molecule has 4 nitrogen and oxygen atoms in total. The topological polar surface area (TPSA) is 46.1 Å². The summed E-state index contributed by atoms with van der Waals surface area (Å²) in [7, 11) is 0. The van der Waals surface area contributed by atoms with E-state index in [9.17, 15) is 4.79 Å². The summed E-state index contributed by atoms with van der Waals surface area (Å²) in [5, 5.41) is 6.31. The van der Waals surface area contributed by atoms with E-state index in [1.807, 2.05) is 12.3 Å². The van der Waals surface area contributed by atoms with E-state index in [1.165, 1.54) is 5.69 Å². The zero-order valence-electron chi connectivity index (χ0n) is 10.4. The minimum Gasteiger partial charge on any atom is -0.353 e. The quantitative estimate of drug-likeness (QED) is 0.747. The third-order valence-electron chi connectivity index (χ3n) is 3.00. The average Bonchev–Trinajstić information content (AvgIpc) is 3.01. The fraction of sp³-hybridized carbons (Fsp3) is 0.615. The number of aryl methyl sites for hydroxylation is 1. The van der Waals surface area contributed by atoms with Crippen molar-refractivity contribution in [2.45, 2.75) is 45.3 Å². The summed E-state index contributed by atoms with van der Waals surface area (Å²) < 4.78 is 2.15. The van der Waals surface area contributed by atoms with Crippen molar-refractivity contribution in [3.8, 4) is 0 Å². The summed E-state index contributed by atoms with van der Waals surface area (Å²) in [5.41, 5.74) is 1.24. The summed E-state index contributed by atoms with van der Waals surface area (Å²) in [5.74, 6) is 0.176. The first-order chi connectivity index (χ1) is 8.29. The highest BCUT2D eigenvalue weighted by Crippen LogP contribution is 2.18. The van der Waals surface area contributed by atoms with Crippen molar-refractivity contribution in [2.24, 2.45) is 0 Å². The molecule has 0 unspecified atom stereocenters. The van der Waals surface area contributed by atoms with Crippen molar-refractivity contribution in [3.05, 3.63) is 24.0 Å². The number of nitrogens with one attached hydrogen (secondary N) is 2. The predicted molar refractivity (Wildman–Crippen MR) is 67.6 cm³/mol. The highest BCUT2D eigenvalue weighted by molar-refractivity contribution is 5.76. The van der Waals surface area contributed by atoms with Gasteiger partial charge >= 0.3 is 0 Å². The predicted octanol–water partition coefficient (Wildman–Crippen LogP) is 1.27. The van der Waals surface area contributed by atoms with Crippen LogP contribution in [0.4, 0.5) is 0 Å². The van der Waals surface area contributed by atoms with Crippen LogP contribution in [0.1, 0.15) is 31.9 Å². The van der Waals surface area contributed by atoms with Gasteiger partial charge in [0.25, 0.3) is 0 Å². The molecule has 1 aliphatic carbocycles. The third-order valence-corrected chi connectivity index (χ3v) is 3.00. The molecule has 2 N–H and O–H groups in total. The molecule has 0 radical (unpaired) electrons. The molecule has 17 heavy (non-hydrogen) atoms. The highest BCUT2D eigenvalue weighted by Gasteiger charge is 2.22. The molecule has 0 bridgehead atoms. The Morgan fingerprint density at radius 1 is 1.53 bits per heavy atom. The van der Waals surface area contributed by atoms with Crippen LogP contribution in [-0.2, 0) is 17.9 Å². The molecule has 1 aromatic rings. The summed E-state index contributed by atoms with van der Waals surface area (Å²) in [6, 6.07) is 4.60. The Morgan fingerprint density at radius 3 is 3.06 bits per heavy atom. The summed E-state index contributed by atoms with van der Waals surface area (Å²) in [6.45, 7) is 4.70. The second-order valence-electron chi connectivity index (χ2n) is 4.57. The highest BCUT2D eigenvalue weighted by atomic mass is 16.1. The van der Waals surface area contributed by atoms with E-state index in [1.54, 1.807) is 0 Å². The van der Waals surface area contributed by atoms with Crippen molar-refractivity contribution in [1.82, 2.24) is 15.2 Å². The third kappa shape index (κ3) is 3.89. The van der Waals surface area contributed by atoms with Gasteiger partial charge in [0.2, 0.25) is 5.91 Å². The van der Waals surface area contributed by atoms with Crippen LogP contribution >= 0.6 is 0 Å². The first-order valence-electron chi connectivity index (χ1n) is 6.43. The smallest absolute Gasteiger partial charge is 0.222 e. The number of nitrogens with zero attached hydrogens (tertiary/aromatic N) is 1. The van der Waals surface area contributed by atoms with E-state index in [0.29, 0.717) is 12.5 Å². The maximum Gasteiger partial charge on any atom is 0.222 e. The maximum atomic E-state index is 11.6. The Bertz CT molecular complexity index is 368. The number of aromatic nitrogens is 1. The molecule has 1 amide bonds. The van der Waals surface area contributed by atoms with Crippen LogP contribution in [0, 0.1) is 0 Å². The van der Waals surface area contributed by atoms with Gasteiger partial charge in [0.1, 0.15) is 0 Å². The molecule has 2 rings (SSSR count). The molecule has 0 aliphatic heterocycles. The minimum absolute atomic E-state index is 0.176. The number of carbonyl (C=O) groups is 1. The first-order valence-corrected chi connectivity index (χ1v) is 6.43. The Labute approximate surface area is 102 Å². The van der Waals surface area contributed by atoms with Crippen molar-refractivity contribution in [2.75, 3.05) is 6.54 Å². The standard InChI is InChI=1S/C13H21N3O/c1-2-14-10-12-4-3-8-16(12)9-7-13(17)15-11-5-6-11/h3-4,8,11,14H,2,5-7,9-10H2,1H3,(H,15,17). The van der Waals surface area contributed by atoms with Crippen molar-refractivity contribution in [3.63, 3.8) is 0 Å². The Hall–Kier alpha value is -1.29. The van der Waals surface area contributed by atoms with Gasteiger partial charge in [-0.25, -0.2) is 0 Å². The number of hydrogen-bond donors (Lipinski definition) is 2. The van der Waals surface area contributed by atoms with Gasteiger partial charge in [-0.2, -0.15) is 0 Å². The number of amides is 1. The molecule has 0 aromatic carbocycles. The first kappa shape index (κ1) is 12.2. The lowest BCUT2D eigenvalue weighted by molar-refractivity contribution is -0.121. The molecule has 1 fully saturated rings. The number of rotatable bonds is 7. The van der Waals surface area contributed by atoms with Gasteiger partial charge in [-0.05, 0) is 31.5 Å². The van der Waals surface area contributed by atoms with E-state index in [4.69, 9.17) is 0 Å². The van der Waals surface area contributed by atoms with Gasteiger partial charge in [0, 0.05) is 37.4 Å². The minimum atomic E-state index is 0.176. The van der Waals surface area contributed by atoms with Crippen molar-refractivity contribution in [1.29, 1.82) is 0 Å². The van der Waals surface area contributed by atoms with Gasteiger partial charge in [-0.1, -0.05) is 6.92 Å². The van der Waals surface area contributed by atoms with Gasteiger partial charge in [0.05, 0.1) is 0 Å².